The van der Waals surface area contributed by atoms with E-state index in [1.807, 2.05) is 12.1 Å². The van der Waals surface area contributed by atoms with E-state index in [1.54, 1.807) is 23.8 Å². The van der Waals surface area contributed by atoms with Gasteiger partial charge in [-0.1, -0.05) is 0 Å². The van der Waals surface area contributed by atoms with Gasteiger partial charge in [0.1, 0.15) is 17.9 Å². The lowest BCUT2D eigenvalue weighted by atomic mass is 10.1. The molecule has 2 aromatic heterocycles. The van der Waals surface area contributed by atoms with Crippen molar-refractivity contribution in [3.8, 4) is 22.8 Å². The first-order valence-corrected chi connectivity index (χ1v) is 4.70. The molecule has 4 heteroatoms. The van der Waals surface area contributed by atoms with Crippen LogP contribution in [-0.4, -0.2) is 0 Å². The maximum atomic E-state index is 8.88. The molecule has 0 aliphatic carbocycles. The second kappa shape index (κ2) is 3.37. The zero-order valence-electron chi connectivity index (χ0n) is 7.02. The lowest BCUT2D eigenvalue weighted by molar-refractivity contribution is 0.583. The van der Waals surface area contributed by atoms with E-state index >= 15 is 0 Å². The molecule has 0 fully saturated rings. The third-order valence-electron chi connectivity index (χ3n) is 1.77. The lowest BCUT2D eigenvalue weighted by Gasteiger charge is -1.90. The fraction of sp³-hybridized carbons (Fsp3) is 0. The van der Waals surface area contributed by atoms with Gasteiger partial charge in [0, 0.05) is 5.38 Å². The maximum absolute atomic E-state index is 8.88. The maximum Gasteiger partial charge on any atom is 0.145 e. The van der Waals surface area contributed by atoms with E-state index in [4.69, 9.17) is 14.9 Å². The lowest BCUT2D eigenvalue weighted by Crippen LogP contribution is -1.77. The van der Waals surface area contributed by atoms with Gasteiger partial charge in [0.25, 0.3) is 0 Å². The minimum Gasteiger partial charge on any atom is -0.463 e. The van der Waals surface area contributed by atoms with Crippen LogP contribution in [0, 0.1) is 22.7 Å². The Balaban J connectivity index is 2.63. The van der Waals surface area contributed by atoms with Crippen LogP contribution in [0.1, 0.15) is 11.1 Å². The van der Waals surface area contributed by atoms with Gasteiger partial charge >= 0.3 is 0 Å². The topological polar surface area (TPSA) is 60.7 Å². The Morgan fingerprint density at radius 1 is 1.29 bits per heavy atom. The number of hydrogen-bond donors (Lipinski definition) is 0. The molecule has 2 heterocycles. The number of nitriles is 2. The molecule has 0 N–H and O–H groups in total. The molecule has 0 saturated carbocycles. The summed E-state index contributed by atoms with van der Waals surface area (Å²) in [7, 11) is 0. The van der Waals surface area contributed by atoms with Crippen LogP contribution in [0.4, 0.5) is 0 Å². The first-order chi connectivity index (χ1) is 6.86. The van der Waals surface area contributed by atoms with Crippen molar-refractivity contribution in [2.45, 2.75) is 0 Å². The third kappa shape index (κ3) is 1.19. The molecule has 14 heavy (non-hydrogen) atoms. The van der Waals surface area contributed by atoms with E-state index in [-0.39, 0.29) is 0 Å². The zero-order valence-corrected chi connectivity index (χ0v) is 7.84. The number of furan rings is 1. The third-order valence-corrected chi connectivity index (χ3v) is 2.76. The molecule has 0 aliphatic rings. The molecule has 66 valence electrons. The first kappa shape index (κ1) is 8.55. The van der Waals surface area contributed by atoms with Gasteiger partial charge in [0.05, 0.1) is 22.3 Å². The average molecular weight is 200 g/mol. The minimum atomic E-state index is 0.396. The Kier molecular flexibility index (Phi) is 2.06. The van der Waals surface area contributed by atoms with E-state index in [1.165, 1.54) is 11.3 Å². The molecule has 2 aromatic rings. The highest BCUT2D eigenvalue weighted by Gasteiger charge is 2.14. The monoisotopic (exact) mass is 200 g/mol. The molecule has 0 bridgehead atoms. The van der Waals surface area contributed by atoms with Gasteiger partial charge in [0.2, 0.25) is 0 Å². The molecular formula is C10H4N2OS. The molecule has 2 rings (SSSR count). The SMILES string of the molecule is N#Cc1csc(-c2ccco2)c1C#N. The molecule has 0 aromatic carbocycles. The Hall–Kier alpha value is -2.04. The summed E-state index contributed by atoms with van der Waals surface area (Å²) < 4.78 is 5.17. The molecule has 3 nitrogen and oxygen atoms in total. The summed E-state index contributed by atoms with van der Waals surface area (Å²) in [6.07, 6.45) is 1.54. The quantitative estimate of drug-likeness (QED) is 0.711. The van der Waals surface area contributed by atoms with Crippen LogP contribution in [0.3, 0.4) is 0 Å². The van der Waals surface area contributed by atoms with Gasteiger partial charge < -0.3 is 4.42 Å². The molecule has 0 spiro atoms. The van der Waals surface area contributed by atoms with Gasteiger partial charge in [-0.3, -0.25) is 0 Å². The van der Waals surface area contributed by atoms with Crippen molar-refractivity contribution >= 4 is 11.3 Å². The number of hydrogen-bond acceptors (Lipinski definition) is 4. The van der Waals surface area contributed by atoms with Crippen molar-refractivity contribution in [1.29, 1.82) is 10.5 Å². The van der Waals surface area contributed by atoms with Crippen molar-refractivity contribution < 1.29 is 4.42 Å². The smallest absolute Gasteiger partial charge is 0.145 e. The van der Waals surface area contributed by atoms with Crippen molar-refractivity contribution in [2.75, 3.05) is 0 Å². The van der Waals surface area contributed by atoms with Crippen LogP contribution in [0.25, 0.3) is 10.6 Å². The highest BCUT2D eigenvalue weighted by molar-refractivity contribution is 7.14. The summed E-state index contributed by atoms with van der Waals surface area (Å²) in [5.74, 6) is 0.632. The summed E-state index contributed by atoms with van der Waals surface area (Å²) >= 11 is 1.34. The molecule has 0 saturated heterocycles. The summed E-state index contributed by atoms with van der Waals surface area (Å²) in [6.45, 7) is 0. The molecule has 0 aliphatic heterocycles. The van der Waals surface area contributed by atoms with Crippen molar-refractivity contribution in [1.82, 2.24) is 0 Å². The van der Waals surface area contributed by atoms with Gasteiger partial charge in [-0.25, -0.2) is 0 Å². The van der Waals surface area contributed by atoms with Crippen LogP contribution < -0.4 is 0 Å². The van der Waals surface area contributed by atoms with Crippen LogP contribution in [-0.2, 0) is 0 Å². The van der Waals surface area contributed by atoms with Crippen molar-refractivity contribution in [3.05, 3.63) is 34.9 Å². The number of nitrogens with zero attached hydrogens (tertiary/aromatic N) is 2. The van der Waals surface area contributed by atoms with E-state index < -0.39 is 0 Å². The van der Waals surface area contributed by atoms with Crippen LogP contribution in [0.2, 0.25) is 0 Å². The van der Waals surface area contributed by atoms with Gasteiger partial charge in [-0.15, -0.1) is 11.3 Å². The fourth-order valence-electron chi connectivity index (χ4n) is 1.14. The Labute approximate surface area is 84.4 Å². The normalized spacial score (nSPS) is 9.29. The van der Waals surface area contributed by atoms with Gasteiger partial charge in [0.15, 0.2) is 0 Å². The summed E-state index contributed by atoms with van der Waals surface area (Å²) in [5, 5.41) is 19.3. The Morgan fingerprint density at radius 3 is 2.71 bits per heavy atom. The standard InChI is InChI=1S/C10H4N2OS/c11-4-7-6-14-10(8(7)5-12)9-2-1-3-13-9/h1-3,6H. The largest absolute Gasteiger partial charge is 0.463 e. The van der Waals surface area contributed by atoms with Crippen LogP contribution in [0.5, 0.6) is 0 Å². The van der Waals surface area contributed by atoms with Crippen LogP contribution >= 0.6 is 11.3 Å². The molecular weight excluding hydrogens is 196 g/mol. The average Bonchev–Trinajstić information content (AvgIpc) is 2.85. The summed E-state index contributed by atoms with van der Waals surface area (Å²) in [6, 6.07) is 7.51. The van der Waals surface area contributed by atoms with Gasteiger partial charge in [-0.05, 0) is 12.1 Å². The molecule has 0 atom stereocenters. The minimum absolute atomic E-state index is 0.396. The summed E-state index contributed by atoms with van der Waals surface area (Å²) in [4.78, 5) is 0.717. The number of rotatable bonds is 1. The predicted molar refractivity (Wildman–Crippen MR) is 51.5 cm³/mol. The van der Waals surface area contributed by atoms with E-state index in [9.17, 15) is 0 Å². The molecule has 0 unspecified atom stereocenters. The molecule has 0 radical (unpaired) electrons. The van der Waals surface area contributed by atoms with Crippen LogP contribution in [0.15, 0.2) is 28.2 Å². The summed E-state index contributed by atoms with van der Waals surface area (Å²) in [5.41, 5.74) is 0.802. The van der Waals surface area contributed by atoms with Crippen molar-refractivity contribution in [2.24, 2.45) is 0 Å². The van der Waals surface area contributed by atoms with E-state index in [0.29, 0.717) is 21.8 Å². The molecule has 0 amide bonds. The second-order valence-corrected chi connectivity index (χ2v) is 3.43. The van der Waals surface area contributed by atoms with E-state index in [0.717, 1.165) is 0 Å². The number of thiophene rings is 1. The van der Waals surface area contributed by atoms with E-state index in [2.05, 4.69) is 0 Å². The van der Waals surface area contributed by atoms with Gasteiger partial charge in [-0.2, -0.15) is 10.5 Å². The fourth-order valence-corrected chi connectivity index (χ4v) is 2.05. The Morgan fingerprint density at radius 2 is 2.14 bits per heavy atom. The van der Waals surface area contributed by atoms with Crippen molar-refractivity contribution in [3.63, 3.8) is 0 Å². The highest BCUT2D eigenvalue weighted by Crippen LogP contribution is 2.32. The second-order valence-electron chi connectivity index (χ2n) is 2.55. The Bertz CT molecular complexity index is 525. The zero-order chi connectivity index (χ0) is 9.97. The predicted octanol–water partition coefficient (Wildman–Crippen LogP) is 2.75. The highest BCUT2D eigenvalue weighted by atomic mass is 32.1. The first-order valence-electron chi connectivity index (χ1n) is 3.82.